The van der Waals surface area contributed by atoms with Gasteiger partial charge in [-0.05, 0) is 58.2 Å². The molecule has 0 aromatic heterocycles. The van der Waals surface area contributed by atoms with Gasteiger partial charge in [0.2, 0.25) is 0 Å². The van der Waals surface area contributed by atoms with Crippen LogP contribution in [0.5, 0.6) is 0 Å². The Bertz CT molecular complexity index is 156. The Kier molecular flexibility index (Phi) is 2.08. The van der Waals surface area contributed by atoms with Crippen molar-refractivity contribution < 1.29 is 0 Å². The molecule has 1 saturated carbocycles. The number of hydrogen-bond acceptors (Lipinski definition) is 3. The normalized spacial score (nSPS) is 34.3. The van der Waals surface area contributed by atoms with Crippen LogP contribution in [0.25, 0.3) is 0 Å². The van der Waals surface area contributed by atoms with Crippen LogP contribution >= 0.6 is 0 Å². The molecule has 0 radical (unpaired) electrons. The summed E-state index contributed by atoms with van der Waals surface area (Å²) in [4.78, 5) is 0. The molecule has 0 amide bonds. The highest BCUT2D eigenvalue weighted by Gasteiger charge is 2.41. The van der Waals surface area contributed by atoms with Crippen molar-refractivity contribution in [3.8, 4) is 0 Å². The Hall–Kier alpha value is -0.120. The Labute approximate surface area is 86.0 Å². The zero-order valence-corrected chi connectivity index (χ0v) is 8.86. The van der Waals surface area contributed by atoms with Gasteiger partial charge in [-0.1, -0.05) is 0 Å². The monoisotopic (exact) mass is 195 g/mol. The second-order valence-electron chi connectivity index (χ2n) is 5.25. The van der Waals surface area contributed by atoms with E-state index in [0.29, 0.717) is 11.2 Å². The number of rotatable bonds is 0. The summed E-state index contributed by atoms with van der Waals surface area (Å²) < 4.78 is 0. The van der Waals surface area contributed by atoms with Gasteiger partial charge in [-0.25, -0.2) is 0 Å². The first-order chi connectivity index (χ1) is 6.83. The molecule has 4 fully saturated rings. The fourth-order valence-corrected chi connectivity index (χ4v) is 2.73. The second-order valence-corrected chi connectivity index (χ2v) is 5.25. The lowest BCUT2D eigenvalue weighted by Crippen LogP contribution is -2.73. The molecule has 0 unspecified atom stereocenters. The summed E-state index contributed by atoms with van der Waals surface area (Å²) in [5.41, 5.74) is 1.14. The standard InChI is InChI=1S/C6H11N.C5H10N2/c1-2-6(3-1)4-5-7-6;1-3-6-5(1)2-4-7-5/h7H,1-5H2;6-7H,1-4H2. The SMILES string of the molecule is C1CC2(C1)CCN2.C1CC2(CCN2)N1. The zero-order chi connectivity index (χ0) is 9.49. The van der Waals surface area contributed by atoms with Crippen molar-refractivity contribution in [1.82, 2.24) is 16.0 Å². The molecule has 0 bridgehead atoms. The Morgan fingerprint density at radius 1 is 0.643 bits per heavy atom. The molecule has 14 heavy (non-hydrogen) atoms. The average molecular weight is 195 g/mol. The quantitative estimate of drug-likeness (QED) is 0.529. The maximum Gasteiger partial charge on any atom is 0.0711 e. The molecule has 3 heterocycles. The van der Waals surface area contributed by atoms with Gasteiger partial charge in [-0.15, -0.1) is 0 Å². The first kappa shape index (κ1) is 9.13. The van der Waals surface area contributed by atoms with E-state index in [-0.39, 0.29) is 0 Å². The molecule has 0 atom stereocenters. The van der Waals surface area contributed by atoms with E-state index >= 15 is 0 Å². The third-order valence-corrected chi connectivity index (χ3v) is 4.44. The number of hydrogen-bond donors (Lipinski definition) is 3. The van der Waals surface area contributed by atoms with E-state index in [1.807, 2.05) is 0 Å². The van der Waals surface area contributed by atoms with Crippen LogP contribution in [0.2, 0.25) is 0 Å². The molecule has 4 rings (SSSR count). The summed E-state index contributed by atoms with van der Waals surface area (Å²) in [6, 6.07) is 0. The summed E-state index contributed by atoms with van der Waals surface area (Å²) in [5.74, 6) is 0. The molecule has 4 aliphatic rings. The maximum absolute atomic E-state index is 3.46. The Morgan fingerprint density at radius 2 is 1.14 bits per heavy atom. The Balaban J connectivity index is 0.0000000914. The van der Waals surface area contributed by atoms with E-state index in [1.54, 1.807) is 0 Å². The Morgan fingerprint density at radius 3 is 1.14 bits per heavy atom. The van der Waals surface area contributed by atoms with Crippen molar-refractivity contribution in [2.45, 2.75) is 49.7 Å². The van der Waals surface area contributed by atoms with Crippen molar-refractivity contribution in [1.29, 1.82) is 0 Å². The van der Waals surface area contributed by atoms with Crippen LogP contribution in [-0.4, -0.2) is 30.8 Å². The minimum atomic E-state index is 0.444. The third-order valence-electron chi connectivity index (χ3n) is 4.44. The van der Waals surface area contributed by atoms with Crippen LogP contribution in [-0.2, 0) is 0 Å². The summed E-state index contributed by atoms with van der Waals surface area (Å²) in [6.45, 7) is 3.71. The summed E-state index contributed by atoms with van der Waals surface area (Å²) >= 11 is 0. The van der Waals surface area contributed by atoms with Gasteiger partial charge in [-0.3, -0.25) is 10.6 Å². The molecular weight excluding hydrogens is 174 g/mol. The number of nitrogens with one attached hydrogen (secondary N) is 3. The van der Waals surface area contributed by atoms with Gasteiger partial charge in [0.15, 0.2) is 0 Å². The lowest BCUT2D eigenvalue weighted by Gasteiger charge is -2.51. The second kappa shape index (κ2) is 3.19. The summed E-state index contributed by atoms with van der Waals surface area (Å²) in [7, 11) is 0. The first-order valence-electron chi connectivity index (χ1n) is 6.08. The van der Waals surface area contributed by atoms with Crippen LogP contribution in [0.3, 0.4) is 0 Å². The third kappa shape index (κ3) is 1.38. The highest BCUT2D eigenvalue weighted by molar-refractivity contribution is 5.02. The fraction of sp³-hybridized carbons (Fsp3) is 1.00. The van der Waals surface area contributed by atoms with Crippen molar-refractivity contribution in [3.63, 3.8) is 0 Å². The molecule has 3 N–H and O–H groups in total. The van der Waals surface area contributed by atoms with Crippen molar-refractivity contribution in [2.24, 2.45) is 0 Å². The molecular formula is C11H21N3. The minimum absolute atomic E-state index is 0.444. The molecule has 3 nitrogen and oxygen atoms in total. The van der Waals surface area contributed by atoms with Crippen LogP contribution in [0.1, 0.15) is 38.5 Å². The van der Waals surface area contributed by atoms with Crippen LogP contribution in [0.15, 0.2) is 0 Å². The highest BCUT2D eigenvalue weighted by Crippen LogP contribution is 2.38. The van der Waals surface area contributed by atoms with E-state index in [9.17, 15) is 0 Å². The van der Waals surface area contributed by atoms with E-state index in [1.165, 1.54) is 58.2 Å². The lowest BCUT2D eigenvalue weighted by atomic mass is 9.70. The first-order valence-corrected chi connectivity index (χ1v) is 6.08. The van der Waals surface area contributed by atoms with E-state index in [2.05, 4.69) is 16.0 Å². The van der Waals surface area contributed by atoms with E-state index in [0.717, 1.165) is 0 Å². The summed E-state index contributed by atoms with van der Waals surface area (Å²) in [5, 5.41) is 10.2. The summed E-state index contributed by atoms with van der Waals surface area (Å²) in [6.07, 6.45) is 8.50. The van der Waals surface area contributed by atoms with Crippen LogP contribution in [0, 0.1) is 0 Å². The molecule has 0 aromatic carbocycles. The molecule has 2 spiro atoms. The molecule has 3 saturated heterocycles. The maximum atomic E-state index is 3.46. The van der Waals surface area contributed by atoms with Gasteiger partial charge in [0.1, 0.15) is 0 Å². The van der Waals surface area contributed by atoms with Gasteiger partial charge in [0.25, 0.3) is 0 Å². The zero-order valence-electron chi connectivity index (χ0n) is 8.86. The van der Waals surface area contributed by atoms with Crippen molar-refractivity contribution in [3.05, 3.63) is 0 Å². The van der Waals surface area contributed by atoms with Crippen molar-refractivity contribution >= 4 is 0 Å². The minimum Gasteiger partial charge on any atom is -0.311 e. The predicted molar refractivity (Wildman–Crippen MR) is 57.2 cm³/mol. The molecule has 0 aromatic rings. The predicted octanol–water partition coefficient (Wildman–Crippen LogP) is 0.572. The van der Waals surface area contributed by atoms with Crippen molar-refractivity contribution in [2.75, 3.05) is 19.6 Å². The van der Waals surface area contributed by atoms with Gasteiger partial charge in [-0.2, -0.15) is 0 Å². The van der Waals surface area contributed by atoms with Gasteiger partial charge in [0.05, 0.1) is 5.66 Å². The van der Waals surface area contributed by atoms with Gasteiger partial charge in [0, 0.05) is 5.54 Å². The molecule has 3 aliphatic heterocycles. The van der Waals surface area contributed by atoms with E-state index < -0.39 is 0 Å². The highest BCUT2D eigenvalue weighted by atomic mass is 15.3. The van der Waals surface area contributed by atoms with Crippen LogP contribution < -0.4 is 16.0 Å². The van der Waals surface area contributed by atoms with Gasteiger partial charge < -0.3 is 5.32 Å². The van der Waals surface area contributed by atoms with Gasteiger partial charge >= 0.3 is 0 Å². The molecule has 80 valence electrons. The largest absolute Gasteiger partial charge is 0.311 e. The molecule has 1 aliphatic carbocycles. The fourth-order valence-electron chi connectivity index (χ4n) is 2.73. The topological polar surface area (TPSA) is 36.1 Å². The van der Waals surface area contributed by atoms with Crippen LogP contribution in [0.4, 0.5) is 0 Å². The lowest BCUT2D eigenvalue weighted by molar-refractivity contribution is 0.0756. The van der Waals surface area contributed by atoms with E-state index in [4.69, 9.17) is 0 Å². The molecule has 3 heteroatoms. The smallest absolute Gasteiger partial charge is 0.0711 e. The average Bonchev–Trinajstić information content (AvgIpc) is 1.71.